The summed E-state index contributed by atoms with van der Waals surface area (Å²) in [5, 5.41) is 0. The van der Waals surface area contributed by atoms with Crippen LogP contribution in [-0.4, -0.2) is 53.8 Å². The molecule has 1 aliphatic heterocycles. The number of halogens is 3. The van der Waals surface area contributed by atoms with Crippen molar-refractivity contribution in [1.29, 1.82) is 0 Å². The Balaban J connectivity index is 1.67. The highest BCUT2D eigenvalue weighted by Crippen LogP contribution is 2.38. The molecule has 1 aliphatic rings. The maximum atomic E-state index is 13.7. The van der Waals surface area contributed by atoms with Gasteiger partial charge in [0.2, 0.25) is 11.7 Å². The first-order valence-corrected chi connectivity index (χ1v) is 12.0. The molecule has 0 fully saturated rings. The van der Waals surface area contributed by atoms with E-state index in [0.717, 1.165) is 4.57 Å². The first-order valence-electron chi connectivity index (χ1n) is 12.0. The van der Waals surface area contributed by atoms with Gasteiger partial charge in [-0.1, -0.05) is 6.07 Å². The Labute approximate surface area is 222 Å². The molecule has 10 nitrogen and oxygen atoms in total. The quantitative estimate of drug-likeness (QED) is 0.450. The number of primary amides is 1. The number of hydrogen-bond acceptors (Lipinski definition) is 7. The maximum Gasteiger partial charge on any atom is 0.449 e. The van der Waals surface area contributed by atoms with Crippen LogP contribution in [0.15, 0.2) is 36.8 Å². The summed E-state index contributed by atoms with van der Waals surface area (Å²) in [5.74, 6) is -2.91. The van der Waals surface area contributed by atoms with Gasteiger partial charge in [0, 0.05) is 37.3 Å². The van der Waals surface area contributed by atoms with Crippen LogP contribution in [0.3, 0.4) is 0 Å². The SMILES string of the molecule is Cn1c(C(F)(F)F)nc(-c2ccc3c(c2)CN(C(CCC(=O)OC(C)(C)C)C(N)=O)C3=O)c1-c1ccncn1. The largest absolute Gasteiger partial charge is 0.460 e. The lowest BCUT2D eigenvalue weighted by atomic mass is 10.0. The second-order valence-corrected chi connectivity index (χ2v) is 10.1. The summed E-state index contributed by atoms with van der Waals surface area (Å²) in [7, 11) is 1.25. The molecule has 1 atom stereocenters. The Hall–Kier alpha value is -4.29. The molecule has 2 amide bonds. The van der Waals surface area contributed by atoms with Crippen molar-refractivity contribution >= 4 is 17.8 Å². The molecule has 0 radical (unpaired) electrons. The van der Waals surface area contributed by atoms with Gasteiger partial charge in [0.1, 0.15) is 18.0 Å². The van der Waals surface area contributed by atoms with Crippen molar-refractivity contribution in [3.05, 3.63) is 53.7 Å². The number of aromatic nitrogens is 4. The van der Waals surface area contributed by atoms with Gasteiger partial charge in [0.25, 0.3) is 5.91 Å². The van der Waals surface area contributed by atoms with E-state index in [9.17, 15) is 27.6 Å². The lowest BCUT2D eigenvalue weighted by Gasteiger charge is -2.25. The molecule has 13 heteroatoms. The van der Waals surface area contributed by atoms with Crippen LogP contribution in [0.1, 0.15) is 55.4 Å². The van der Waals surface area contributed by atoms with Gasteiger partial charge in [-0.05, 0) is 51.0 Å². The molecule has 4 rings (SSSR count). The van der Waals surface area contributed by atoms with E-state index in [1.807, 2.05) is 0 Å². The first-order chi connectivity index (χ1) is 18.2. The van der Waals surface area contributed by atoms with E-state index in [1.54, 1.807) is 26.8 Å². The molecular weight excluding hydrogens is 517 g/mol. The van der Waals surface area contributed by atoms with Crippen molar-refractivity contribution in [3.63, 3.8) is 0 Å². The van der Waals surface area contributed by atoms with Crippen molar-refractivity contribution in [2.24, 2.45) is 12.8 Å². The number of nitrogens with two attached hydrogens (primary N) is 1. The van der Waals surface area contributed by atoms with Gasteiger partial charge in [-0.2, -0.15) is 13.2 Å². The number of carbonyl (C=O) groups is 3. The Bertz CT molecular complexity index is 1430. The second-order valence-electron chi connectivity index (χ2n) is 10.1. The number of carbonyl (C=O) groups excluding carboxylic acids is 3. The lowest BCUT2D eigenvalue weighted by molar-refractivity contribution is -0.155. The molecule has 0 saturated carbocycles. The van der Waals surface area contributed by atoms with Gasteiger partial charge in [-0.3, -0.25) is 14.4 Å². The predicted molar refractivity (Wildman–Crippen MR) is 133 cm³/mol. The summed E-state index contributed by atoms with van der Waals surface area (Å²) in [6, 6.07) is 4.93. The fourth-order valence-corrected chi connectivity index (χ4v) is 4.52. The van der Waals surface area contributed by atoms with E-state index < -0.39 is 41.4 Å². The van der Waals surface area contributed by atoms with Crippen LogP contribution in [0, 0.1) is 0 Å². The fraction of sp³-hybridized carbons (Fsp3) is 0.385. The molecule has 0 aliphatic carbocycles. The molecule has 206 valence electrons. The van der Waals surface area contributed by atoms with Crippen LogP contribution >= 0.6 is 0 Å². The number of esters is 1. The third-order valence-corrected chi connectivity index (χ3v) is 6.13. The molecule has 0 bridgehead atoms. The summed E-state index contributed by atoms with van der Waals surface area (Å²) in [6.07, 6.45) is -2.26. The van der Waals surface area contributed by atoms with Crippen molar-refractivity contribution in [1.82, 2.24) is 24.4 Å². The smallest absolute Gasteiger partial charge is 0.449 e. The number of hydrogen-bond donors (Lipinski definition) is 1. The molecule has 3 heterocycles. The topological polar surface area (TPSA) is 133 Å². The number of benzene rings is 1. The third kappa shape index (κ3) is 5.76. The van der Waals surface area contributed by atoms with Gasteiger partial charge < -0.3 is 19.9 Å². The number of amides is 2. The minimum absolute atomic E-state index is 0.0219. The molecule has 1 aromatic carbocycles. The van der Waals surface area contributed by atoms with Gasteiger partial charge >= 0.3 is 12.1 Å². The van der Waals surface area contributed by atoms with Crippen LogP contribution in [0.4, 0.5) is 13.2 Å². The lowest BCUT2D eigenvalue weighted by Crippen LogP contribution is -2.45. The summed E-state index contributed by atoms with van der Waals surface area (Å²) >= 11 is 0. The summed E-state index contributed by atoms with van der Waals surface area (Å²) in [4.78, 5) is 50.6. The van der Waals surface area contributed by atoms with E-state index in [4.69, 9.17) is 10.5 Å². The summed E-state index contributed by atoms with van der Waals surface area (Å²) in [6.45, 7) is 5.12. The summed E-state index contributed by atoms with van der Waals surface area (Å²) < 4.78 is 47.4. The highest BCUT2D eigenvalue weighted by atomic mass is 19.4. The van der Waals surface area contributed by atoms with E-state index in [0.29, 0.717) is 11.1 Å². The third-order valence-electron chi connectivity index (χ3n) is 6.13. The monoisotopic (exact) mass is 544 g/mol. The van der Waals surface area contributed by atoms with Crippen molar-refractivity contribution < 1.29 is 32.3 Å². The number of nitrogens with zero attached hydrogens (tertiary/aromatic N) is 5. The Kier molecular flexibility index (Phi) is 7.19. The zero-order chi connectivity index (χ0) is 28.7. The minimum Gasteiger partial charge on any atom is -0.460 e. The highest BCUT2D eigenvalue weighted by Gasteiger charge is 2.40. The normalized spacial score (nSPS) is 14.3. The van der Waals surface area contributed by atoms with Gasteiger partial charge in [0.05, 0.1) is 17.1 Å². The number of imidazole rings is 1. The van der Waals surface area contributed by atoms with Gasteiger partial charge in [-0.15, -0.1) is 0 Å². The summed E-state index contributed by atoms with van der Waals surface area (Å²) in [5.41, 5.74) is 6.33. The Morgan fingerprint density at radius 3 is 2.49 bits per heavy atom. The molecule has 1 unspecified atom stereocenters. The standard InChI is InChI=1S/C26H27F3N6O4/c1-25(2,3)39-19(36)8-7-18(22(30)37)35-12-15-11-14(5-6-16(15)23(35)38)20-21(17-9-10-31-13-32-17)34(4)24(33-20)26(27,28)29/h5-6,9-11,13,18H,7-8,12H2,1-4H3,(H2,30,37). The van der Waals surface area contributed by atoms with Crippen LogP contribution < -0.4 is 5.73 Å². The van der Waals surface area contributed by atoms with Gasteiger partial charge in [-0.25, -0.2) is 15.0 Å². The van der Waals surface area contributed by atoms with Crippen molar-refractivity contribution in [2.45, 2.75) is 58.0 Å². The number of ether oxygens (including phenoxy) is 1. The molecule has 0 saturated heterocycles. The van der Waals surface area contributed by atoms with Gasteiger partial charge in [0.15, 0.2) is 0 Å². The maximum absolute atomic E-state index is 13.7. The first kappa shape index (κ1) is 27.7. The van der Waals surface area contributed by atoms with Crippen LogP contribution in [-0.2, 0) is 34.1 Å². The minimum atomic E-state index is -4.72. The zero-order valence-corrected chi connectivity index (χ0v) is 21.7. The number of alkyl halides is 3. The Morgan fingerprint density at radius 1 is 1.18 bits per heavy atom. The highest BCUT2D eigenvalue weighted by molar-refractivity contribution is 6.01. The fourth-order valence-electron chi connectivity index (χ4n) is 4.52. The second kappa shape index (κ2) is 10.1. The van der Waals surface area contributed by atoms with E-state index in [-0.39, 0.29) is 42.0 Å². The van der Waals surface area contributed by atoms with Crippen molar-refractivity contribution in [3.8, 4) is 22.6 Å². The zero-order valence-electron chi connectivity index (χ0n) is 21.7. The average molecular weight is 545 g/mol. The average Bonchev–Trinajstić information content (AvgIpc) is 3.35. The number of rotatable bonds is 7. The van der Waals surface area contributed by atoms with Crippen LogP contribution in [0.25, 0.3) is 22.6 Å². The van der Waals surface area contributed by atoms with E-state index >= 15 is 0 Å². The van der Waals surface area contributed by atoms with Crippen molar-refractivity contribution in [2.75, 3.05) is 0 Å². The van der Waals surface area contributed by atoms with E-state index in [2.05, 4.69) is 15.0 Å². The predicted octanol–water partition coefficient (Wildman–Crippen LogP) is 3.49. The molecular formula is C26H27F3N6O4. The van der Waals surface area contributed by atoms with Crippen LogP contribution in [0.5, 0.6) is 0 Å². The molecule has 39 heavy (non-hydrogen) atoms. The van der Waals surface area contributed by atoms with Crippen LogP contribution in [0.2, 0.25) is 0 Å². The molecule has 2 N–H and O–H groups in total. The van der Waals surface area contributed by atoms with E-state index in [1.165, 1.54) is 42.7 Å². The Morgan fingerprint density at radius 2 is 1.90 bits per heavy atom. The number of fused-ring (bicyclic) bond motifs is 1. The molecule has 2 aromatic heterocycles. The molecule has 0 spiro atoms. The molecule has 3 aromatic rings.